The molecular formula is C24H19N3O3. The van der Waals surface area contributed by atoms with E-state index in [1.807, 2.05) is 60.7 Å². The highest BCUT2D eigenvalue weighted by Gasteiger charge is 2.14. The zero-order valence-electron chi connectivity index (χ0n) is 16.4. The monoisotopic (exact) mass is 397 g/mol. The first-order valence-electron chi connectivity index (χ1n) is 9.43. The molecule has 0 aliphatic rings. The third-order valence-corrected chi connectivity index (χ3v) is 4.64. The third kappa shape index (κ3) is 4.03. The second-order valence-corrected chi connectivity index (χ2v) is 6.66. The highest BCUT2D eigenvalue weighted by atomic mass is 16.5. The SMILES string of the molecule is COC(=O)/C=C/c1cccc(-n2c(=O)c(Cc3ccccc3)nc3cccnc32)c1. The number of carbonyl (C=O) groups is 1. The van der Waals surface area contributed by atoms with Crippen LogP contribution in [0.1, 0.15) is 16.8 Å². The first kappa shape index (κ1) is 19.3. The van der Waals surface area contributed by atoms with Gasteiger partial charge in [0.2, 0.25) is 0 Å². The topological polar surface area (TPSA) is 74.1 Å². The van der Waals surface area contributed by atoms with Crippen molar-refractivity contribution in [3.63, 3.8) is 0 Å². The van der Waals surface area contributed by atoms with Gasteiger partial charge in [0.1, 0.15) is 11.2 Å². The Morgan fingerprint density at radius 1 is 1.07 bits per heavy atom. The lowest BCUT2D eigenvalue weighted by Crippen LogP contribution is -2.25. The standard InChI is InChI=1S/C24H19N3O3/c1-30-22(28)13-12-18-9-5-10-19(15-18)27-23-20(11-6-14-25-23)26-21(24(27)29)16-17-7-3-2-4-8-17/h2-15H,16H2,1H3/b13-12+. The largest absolute Gasteiger partial charge is 0.466 e. The Kier molecular flexibility index (Phi) is 5.48. The van der Waals surface area contributed by atoms with E-state index in [4.69, 9.17) is 0 Å². The lowest BCUT2D eigenvalue weighted by Gasteiger charge is -2.12. The highest BCUT2D eigenvalue weighted by molar-refractivity contribution is 5.87. The van der Waals surface area contributed by atoms with Crippen LogP contribution in [0.15, 0.2) is 83.8 Å². The van der Waals surface area contributed by atoms with Crippen molar-refractivity contribution >= 4 is 23.2 Å². The van der Waals surface area contributed by atoms with Gasteiger partial charge in [0, 0.05) is 18.7 Å². The fourth-order valence-corrected chi connectivity index (χ4v) is 3.21. The summed E-state index contributed by atoms with van der Waals surface area (Å²) in [5, 5.41) is 0. The molecule has 0 amide bonds. The number of fused-ring (bicyclic) bond motifs is 1. The Morgan fingerprint density at radius 2 is 1.90 bits per heavy atom. The number of methoxy groups -OCH3 is 1. The number of esters is 1. The van der Waals surface area contributed by atoms with Gasteiger partial charge in [0.05, 0.1) is 12.8 Å². The van der Waals surface area contributed by atoms with E-state index in [-0.39, 0.29) is 5.56 Å². The summed E-state index contributed by atoms with van der Waals surface area (Å²) in [6, 6.07) is 20.7. The molecule has 2 aromatic heterocycles. The van der Waals surface area contributed by atoms with Gasteiger partial charge in [-0.15, -0.1) is 0 Å². The van der Waals surface area contributed by atoms with Crippen molar-refractivity contribution in [2.45, 2.75) is 6.42 Å². The Balaban J connectivity index is 1.86. The lowest BCUT2D eigenvalue weighted by atomic mass is 10.1. The van der Waals surface area contributed by atoms with Crippen LogP contribution >= 0.6 is 0 Å². The predicted molar refractivity (Wildman–Crippen MR) is 115 cm³/mol. The minimum Gasteiger partial charge on any atom is -0.466 e. The normalized spacial score (nSPS) is 11.1. The van der Waals surface area contributed by atoms with Gasteiger partial charge in [-0.1, -0.05) is 42.5 Å². The molecule has 30 heavy (non-hydrogen) atoms. The highest BCUT2D eigenvalue weighted by Crippen LogP contribution is 2.17. The van der Waals surface area contributed by atoms with Crippen molar-refractivity contribution in [1.29, 1.82) is 0 Å². The van der Waals surface area contributed by atoms with E-state index >= 15 is 0 Å². The van der Waals surface area contributed by atoms with Gasteiger partial charge in [-0.25, -0.2) is 14.8 Å². The quantitative estimate of drug-likeness (QED) is 0.380. The number of pyridine rings is 1. The van der Waals surface area contributed by atoms with E-state index in [9.17, 15) is 9.59 Å². The summed E-state index contributed by atoms with van der Waals surface area (Å²) < 4.78 is 6.20. The van der Waals surface area contributed by atoms with Crippen LogP contribution < -0.4 is 5.56 Å². The molecule has 0 atom stereocenters. The van der Waals surface area contributed by atoms with Crippen LogP contribution in [0.4, 0.5) is 0 Å². The maximum atomic E-state index is 13.4. The maximum absolute atomic E-state index is 13.4. The summed E-state index contributed by atoms with van der Waals surface area (Å²) in [7, 11) is 1.33. The van der Waals surface area contributed by atoms with E-state index in [1.54, 1.807) is 22.9 Å². The number of hydrogen-bond donors (Lipinski definition) is 0. The molecule has 4 aromatic rings. The van der Waals surface area contributed by atoms with E-state index in [2.05, 4.69) is 14.7 Å². The zero-order chi connectivity index (χ0) is 20.9. The summed E-state index contributed by atoms with van der Waals surface area (Å²) in [5.41, 5.74) is 3.75. The zero-order valence-corrected chi connectivity index (χ0v) is 16.4. The number of nitrogens with zero attached hydrogens (tertiary/aromatic N) is 3. The molecule has 0 aliphatic carbocycles. The molecule has 0 unspecified atom stereocenters. The van der Waals surface area contributed by atoms with Gasteiger partial charge in [0.15, 0.2) is 5.65 Å². The molecule has 0 saturated carbocycles. The molecule has 148 valence electrons. The summed E-state index contributed by atoms with van der Waals surface area (Å²) >= 11 is 0. The summed E-state index contributed by atoms with van der Waals surface area (Å²) in [4.78, 5) is 33.8. The molecule has 4 rings (SSSR count). The molecule has 0 fully saturated rings. The Bertz CT molecular complexity index is 1290. The second kappa shape index (κ2) is 8.53. The van der Waals surface area contributed by atoms with E-state index in [1.165, 1.54) is 13.2 Å². The Morgan fingerprint density at radius 3 is 2.70 bits per heavy atom. The molecular weight excluding hydrogens is 378 g/mol. The van der Waals surface area contributed by atoms with Crippen molar-refractivity contribution in [1.82, 2.24) is 14.5 Å². The van der Waals surface area contributed by atoms with Crippen molar-refractivity contribution in [3.8, 4) is 5.69 Å². The van der Waals surface area contributed by atoms with Crippen molar-refractivity contribution in [3.05, 3.63) is 106 Å². The van der Waals surface area contributed by atoms with E-state index in [0.717, 1.165) is 11.1 Å². The first-order valence-corrected chi connectivity index (χ1v) is 9.43. The van der Waals surface area contributed by atoms with Crippen LogP contribution in [0.3, 0.4) is 0 Å². The molecule has 0 radical (unpaired) electrons. The average Bonchev–Trinajstić information content (AvgIpc) is 2.79. The summed E-state index contributed by atoms with van der Waals surface area (Å²) in [5.74, 6) is -0.446. The first-order chi connectivity index (χ1) is 14.7. The van der Waals surface area contributed by atoms with Gasteiger partial charge >= 0.3 is 5.97 Å². The van der Waals surface area contributed by atoms with Gasteiger partial charge in [-0.3, -0.25) is 9.36 Å². The number of hydrogen-bond acceptors (Lipinski definition) is 5. The van der Waals surface area contributed by atoms with Crippen LogP contribution in [-0.2, 0) is 16.0 Å². The van der Waals surface area contributed by atoms with E-state index < -0.39 is 5.97 Å². The predicted octanol–water partition coefficient (Wildman–Crippen LogP) is 3.56. The second-order valence-electron chi connectivity index (χ2n) is 6.66. The van der Waals surface area contributed by atoms with Crippen LogP contribution in [-0.4, -0.2) is 27.6 Å². The molecule has 2 aromatic carbocycles. The van der Waals surface area contributed by atoms with Crippen LogP contribution in [0.25, 0.3) is 22.9 Å². The van der Waals surface area contributed by atoms with E-state index in [0.29, 0.717) is 29.0 Å². The third-order valence-electron chi connectivity index (χ3n) is 4.64. The lowest BCUT2D eigenvalue weighted by molar-refractivity contribution is -0.134. The fourth-order valence-electron chi connectivity index (χ4n) is 3.21. The van der Waals surface area contributed by atoms with Crippen molar-refractivity contribution < 1.29 is 9.53 Å². The van der Waals surface area contributed by atoms with Gasteiger partial charge in [-0.05, 0) is 41.5 Å². The molecule has 6 nitrogen and oxygen atoms in total. The average molecular weight is 397 g/mol. The molecule has 0 aliphatic heterocycles. The number of aromatic nitrogens is 3. The Labute approximate surface area is 173 Å². The van der Waals surface area contributed by atoms with Crippen molar-refractivity contribution in [2.24, 2.45) is 0 Å². The van der Waals surface area contributed by atoms with Crippen LogP contribution in [0.5, 0.6) is 0 Å². The summed E-state index contributed by atoms with van der Waals surface area (Å²) in [6.45, 7) is 0. The van der Waals surface area contributed by atoms with Crippen molar-refractivity contribution in [2.75, 3.05) is 7.11 Å². The van der Waals surface area contributed by atoms with Crippen LogP contribution in [0.2, 0.25) is 0 Å². The number of rotatable bonds is 5. The number of carbonyl (C=O) groups excluding carboxylic acids is 1. The fraction of sp³-hybridized carbons (Fsp3) is 0.0833. The molecule has 6 heteroatoms. The van der Waals surface area contributed by atoms with Gasteiger partial charge < -0.3 is 4.74 Å². The minimum atomic E-state index is -0.446. The van der Waals surface area contributed by atoms with Crippen LogP contribution in [0, 0.1) is 0 Å². The Hall–Kier alpha value is -4.06. The molecule has 0 N–H and O–H groups in total. The maximum Gasteiger partial charge on any atom is 0.330 e. The molecule has 0 spiro atoms. The molecule has 2 heterocycles. The number of benzene rings is 2. The van der Waals surface area contributed by atoms with Gasteiger partial charge in [0.25, 0.3) is 5.56 Å². The molecule has 0 saturated heterocycles. The smallest absolute Gasteiger partial charge is 0.330 e. The molecule has 0 bridgehead atoms. The van der Waals surface area contributed by atoms with Gasteiger partial charge in [-0.2, -0.15) is 0 Å². The minimum absolute atomic E-state index is 0.223. The number of ether oxygens (including phenoxy) is 1. The summed E-state index contributed by atoms with van der Waals surface area (Å²) in [6.07, 6.45) is 5.04.